The van der Waals surface area contributed by atoms with Gasteiger partial charge in [0.15, 0.2) is 0 Å². The van der Waals surface area contributed by atoms with Crippen molar-refractivity contribution in [1.82, 2.24) is 4.90 Å². The van der Waals surface area contributed by atoms with Gasteiger partial charge in [-0.3, -0.25) is 4.79 Å². The molecular weight excluding hydrogens is 126 g/mol. The van der Waals surface area contributed by atoms with E-state index < -0.39 is 0 Å². The molecule has 1 saturated heterocycles. The van der Waals surface area contributed by atoms with Crippen LogP contribution in [0.4, 0.5) is 0 Å². The molecule has 2 heteroatoms. The summed E-state index contributed by atoms with van der Waals surface area (Å²) in [5, 5.41) is 0. The molecule has 0 aliphatic carbocycles. The van der Waals surface area contributed by atoms with Gasteiger partial charge in [-0.2, -0.15) is 0 Å². The van der Waals surface area contributed by atoms with E-state index in [0.29, 0.717) is 0 Å². The predicted molar refractivity (Wildman–Crippen MR) is 40.6 cm³/mol. The molecule has 0 aromatic carbocycles. The zero-order chi connectivity index (χ0) is 7.56. The van der Waals surface area contributed by atoms with Gasteiger partial charge in [-0.05, 0) is 13.3 Å². The van der Waals surface area contributed by atoms with Crippen LogP contribution in [-0.4, -0.2) is 23.9 Å². The van der Waals surface area contributed by atoms with Crippen molar-refractivity contribution < 1.29 is 4.79 Å². The Hall–Kier alpha value is -0.790. The van der Waals surface area contributed by atoms with Crippen LogP contribution >= 0.6 is 0 Å². The Balaban J connectivity index is 2.51. The van der Waals surface area contributed by atoms with Gasteiger partial charge in [-0.1, -0.05) is 11.6 Å². The maximum Gasteiger partial charge on any atom is 0.219 e. The van der Waals surface area contributed by atoms with Crippen LogP contribution in [0.5, 0.6) is 0 Å². The fraction of sp³-hybridized carbons (Fsp3) is 0.625. The van der Waals surface area contributed by atoms with Gasteiger partial charge in [-0.15, -0.1) is 0 Å². The summed E-state index contributed by atoms with van der Waals surface area (Å²) in [7, 11) is 0. The molecular formula is C8H13NO. The summed E-state index contributed by atoms with van der Waals surface area (Å²) in [4.78, 5) is 12.7. The van der Waals surface area contributed by atoms with Crippen molar-refractivity contribution >= 4 is 5.91 Å². The minimum Gasteiger partial charge on any atom is -0.339 e. The number of carbonyl (C=O) groups is 1. The maximum atomic E-state index is 10.8. The lowest BCUT2D eigenvalue weighted by Gasteiger charge is -2.10. The maximum absolute atomic E-state index is 10.8. The van der Waals surface area contributed by atoms with E-state index in [4.69, 9.17) is 0 Å². The summed E-state index contributed by atoms with van der Waals surface area (Å²) >= 11 is 0. The third-order valence-electron chi connectivity index (χ3n) is 1.95. The third kappa shape index (κ3) is 1.38. The summed E-state index contributed by atoms with van der Waals surface area (Å²) < 4.78 is 0. The molecule has 1 fully saturated rings. The fourth-order valence-electron chi connectivity index (χ4n) is 1.19. The van der Waals surface area contributed by atoms with E-state index in [1.165, 1.54) is 5.57 Å². The van der Waals surface area contributed by atoms with Gasteiger partial charge in [0.05, 0.1) is 0 Å². The van der Waals surface area contributed by atoms with Crippen LogP contribution in [0.15, 0.2) is 11.6 Å². The van der Waals surface area contributed by atoms with E-state index in [-0.39, 0.29) is 5.91 Å². The minimum absolute atomic E-state index is 0.192. The number of rotatable bonds is 0. The number of carbonyl (C=O) groups excluding carboxylic acids is 1. The van der Waals surface area contributed by atoms with Crippen molar-refractivity contribution in [1.29, 1.82) is 0 Å². The molecule has 0 spiro atoms. The molecule has 1 rings (SSSR count). The molecule has 0 radical (unpaired) electrons. The molecule has 56 valence electrons. The van der Waals surface area contributed by atoms with Crippen molar-refractivity contribution in [3.8, 4) is 0 Å². The Morgan fingerprint density at radius 3 is 2.70 bits per heavy atom. The normalized spacial score (nSPS) is 22.2. The van der Waals surface area contributed by atoms with Gasteiger partial charge in [0.2, 0.25) is 5.91 Å². The van der Waals surface area contributed by atoms with Gasteiger partial charge in [0.1, 0.15) is 0 Å². The number of likely N-dealkylation sites (tertiary alicyclic amines) is 1. The van der Waals surface area contributed by atoms with Crippen molar-refractivity contribution in [2.75, 3.05) is 13.1 Å². The molecule has 0 atom stereocenters. The number of hydrogen-bond acceptors (Lipinski definition) is 1. The van der Waals surface area contributed by atoms with Crippen LogP contribution < -0.4 is 0 Å². The average molecular weight is 139 g/mol. The first-order valence-electron chi connectivity index (χ1n) is 3.63. The van der Waals surface area contributed by atoms with E-state index in [0.717, 1.165) is 19.5 Å². The first kappa shape index (κ1) is 7.32. The Bertz CT molecular complexity index is 172. The summed E-state index contributed by atoms with van der Waals surface area (Å²) in [6, 6.07) is 0. The molecule has 1 aliphatic heterocycles. The van der Waals surface area contributed by atoms with Crippen LogP contribution in [0.25, 0.3) is 0 Å². The lowest BCUT2D eigenvalue weighted by Crippen LogP contribution is -2.24. The highest BCUT2D eigenvalue weighted by molar-refractivity contribution is 5.74. The van der Waals surface area contributed by atoms with Crippen molar-refractivity contribution in [3.63, 3.8) is 0 Å². The Morgan fingerprint density at radius 2 is 2.40 bits per heavy atom. The van der Waals surface area contributed by atoms with E-state index in [1.807, 2.05) is 11.8 Å². The van der Waals surface area contributed by atoms with E-state index in [9.17, 15) is 4.79 Å². The molecule has 0 aromatic heterocycles. The van der Waals surface area contributed by atoms with Crippen LogP contribution in [0.3, 0.4) is 0 Å². The van der Waals surface area contributed by atoms with E-state index in [1.54, 1.807) is 6.92 Å². The molecule has 0 unspecified atom stereocenters. The highest BCUT2D eigenvalue weighted by atomic mass is 16.2. The number of nitrogens with zero attached hydrogens (tertiary/aromatic N) is 1. The van der Waals surface area contributed by atoms with Crippen molar-refractivity contribution in [2.24, 2.45) is 0 Å². The Labute approximate surface area is 61.5 Å². The third-order valence-corrected chi connectivity index (χ3v) is 1.95. The standard InChI is InChI=1S/C8H13NO/c1-3-8-4-5-9(6-8)7(2)10/h3H,4-6H2,1-2H3. The molecule has 0 aromatic rings. The van der Waals surface area contributed by atoms with Gasteiger partial charge < -0.3 is 4.90 Å². The Kier molecular flexibility index (Phi) is 2.10. The van der Waals surface area contributed by atoms with Crippen molar-refractivity contribution in [3.05, 3.63) is 11.6 Å². The second-order valence-corrected chi connectivity index (χ2v) is 2.64. The lowest BCUT2D eigenvalue weighted by molar-refractivity contribution is -0.127. The molecule has 0 saturated carbocycles. The molecule has 0 bridgehead atoms. The predicted octanol–water partition coefficient (Wildman–Crippen LogP) is 1.18. The first-order valence-corrected chi connectivity index (χ1v) is 3.63. The van der Waals surface area contributed by atoms with Crippen LogP contribution in [-0.2, 0) is 4.79 Å². The summed E-state index contributed by atoms with van der Waals surface area (Å²) in [5.74, 6) is 0.192. The van der Waals surface area contributed by atoms with E-state index >= 15 is 0 Å². The summed E-state index contributed by atoms with van der Waals surface area (Å²) in [5.41, 5.74) is 1.38. The monoisotopic (exact) mass is 139 g/mol. The van der Waals surface area contributed by atoms with Gasteiger partial charge in [-0.25, -0.2) is 0 Å². The fourth-order valence-corrected chi connectivity index (χ4v) is 1.19. The lowest BCUT2D eigenvalue weighted by atomic mass is 10.2. The molecule has 1 heterocycles. The topological polar surface area (TPSA) is 20.3 Å². The highest BCUT2D eigenvalue weighted by Gasteiger charge is 2.16. The van der Waals surface area contributed by atoms with Crippen LogP contribution in [0, 0.1) is 0 Å². The molecule has 2 nitrogen and oxygen atoms in total. The van der Waals surface area contributed by atoms with Gasteiger partial charge >= 0.3 is 0 Å². The molecule has 10 heavy (non-hydrogen) atoms. The summed E-state index contributed by atoms with van der Waals surface area (Å²) in [6.07, 6.45) is 3.17. The quantitative estimate of drug-likeness (QED) is 0.461. The number of allylic oxidation sites excluding steroid dienone is 1. The largest absolute Gasteiger partial charge is 0.339 e. The number of hydrogen-bond donors (Lipinski definition) is 0. The zero-order valence-electron chi connectivity index (χ0n) is 6.55. The SMILES string of the molecule is CC=C1CCN(C(C)=O)C1. The molecule has 1 aliphatic rings. The number of amides is 1. The van der Waals surface area contributed by atoms with Gasteiger partial charge in [0, 0.05) is 20.0 Å². The smallest absolute Gasteiger partial charge is 0.219 e. The summed E-state index contributed by atoms with van der Waals surface area (Å²) in [6.45, 7) is 5.42. The minimum atomic E-state index is 0.192. The average Bonchev–Trinajstić information content (AvgIpc) is 2.34. The second-order valence-electron chi connectivity index (χ2n) is 2.64. The molecule has 0 N–H and O–H groups in total. The van der Waals surface area contributed by atoms with Gasteiger partial charge in [0.25, 0.3) is 0 Å². The van der Waals surface area contributed by atoms with Crippen LogP contribution in [0.2, 0.25) is 0 Å². The van der Waals surface area contributed by atoms with E-state index in [2.05, 4.69) is 6.08 Å². The highest BCUT2D eigenvalue weighted by Crippen LogP contribution is 2.13. The Morgan fingerprint density at radius 1 is 1.70 bits per heavy atom. The first-order chi connectivity index (χ1) is 4.74. The van der Waals surface area contributed by atoms with Crippen molar-refractivity contribution in [2.45, 2.75) is 20.3 Å². The molecule has 1 amide bonds. The van der Waals surface area contributed by atoms with Crippen LogP contribution in [0.1, 0.15) is 20.3 Å². The second kappa shape index (κ2) is 2.86. The zero-order valence-corrected chi connectivity index (χ0v) is 6.55.